The maximum absolute atomic E-state index is 5.78. The zero-order valence-corrected chi connectivity index (χ0v) is 9.96. The summed E-state index contributed by atoms with van der Waals surface area (Å²) in [5.41, 5.74) is 5.78. The number of nitrogens with two attached hydrogens (primary N) is 1. The standard InChI is InChI=1S/C13H26N2/c14-11-12-5-4-6-13(8-7-12)15-9-2-1-3-10-15/h12-13H,1-11,14H2. The summed E-state index contributed by atoms with van der Waals surface area (Å²) in [5.74, 6) is 0.819. The van der Waals surface area contributed by atoms with Gasteiger partial charge in [0.05, 0.1) is 0 Å². The molecular weight excluding hydrogens is 184 g/mol. The van der Waals surface area contributed by atoms with E-state index >= 15 is 0 Å². The summed E-state index contributed by atoms with van der Waals surface area (Å²) >= 11 is 0. The van der Waals surface area contributed by atoms with E-state index in [0.717, 1.165) is 18.5 Å². The third kappa shape index (κ3) is 3.18. The second-order valence-electron chi connectivity index (χ2n) is 5.36. The van der Waals surface area contributed by atoms with Crippen LogP contribution in [0.5, 0.6) is 0 Å². The largest absolute Gasteiger partial charge is 0.330 e. The predicted molar refractivity (Wildman–Crippen MR) is 64.8 cm³/mol. The molecule has 2 heteroatoms. The second-order valence-corrected chi connectivity index (χ2v) is 5.36. The molecule has 0 aromatic heterocycles. The topological polar surface area (TPSA) is 29.3 Å². The van der Waals surface area contributed by atoms with Gasteiger partial charge in [-0.2, -0.15) is 0 Å². The normalized spacial score (nSPS) is 35.0. The molecule has 1 aliphatic heterocycles. The number of likely N-dealkylation sites (tertiary alicyclic amines) is 1. The van der Waals surface area contributed by atoms with Crippen molar-refractivity contribution in [2.45, 2.75) is 57.4 Å². The van der Waals surface area contributed by atoms with E-state index in [4.69, 9.17) is 5.73 Å². The number of piperidine rings is 1. The lowest BCUT2D eigenvalue weighted by atomic mass is 10.00. The van der Waals surface area contributed by atoms with Crippen molar-refractivity contribution in [2.24, 2.45) is 11.7 Å². The fourth-order valence-electron chi connectivity index (χ4n) is 3.24. The molecule has 2 N–H and O–H groups in total. The van der Waals surface area contributed by atoms with E-state index in [1.54, 1.807) is 0 Å². The van der Waals surface area contributed by atoms with E-state index in [1.165, 1.54) is 64.5 Å². The van der Waals surface area contributed by atoms with Gasteiger partial charge in [0.25, 0.3) is 0 Å². The Kier molecular flexibility index (Phi) is 4.45. The first kappa shape index (κ1) is 11.4. The van der Waals surface area contributed by atoms with Crippen molar-refractivity contribution in [3.8, 4) is 0 Å². The summed E-state index contributed by atoms with van der Waals surface area (Å²) in [5, 5.41) is 0. The van der Waals surface area contributed by atoms with Crippen LogP contribution in [0.1, 0.15) is 51.4 Å². The molecule has 15 heavy (non-hydrogen) atoms. The first-order valence-corrected chi connectivity index (χ1v) is 6.84. The summed E-state index contributed by atoms with van der Waals surface area (Å²) in [6.45, 7) is 3.63. The van der Waals surface area contributed by atoms with Crippen LogP contribution in [0.25, 0.3) is 0 Å². The highest BCUT2D eigenvalue weighted by molar-refractivity contribution is 4.79. The van der Waals surface area contributed by atoms with Gasteiger partial charge in [-0.25, -0.2) is 0 Å². The van der Waals surface area contributed by atoms with Gasteiger partial charge in [-0.1, -0.05) is 12.8 Å². The molecule has 2 fully saturated rings. The zero-order chi connectivity index (χ0) is 10.5. The number of hydrogen-bond acceptors (Lipinski definition) is 2. The van der Waals surface area contributed by atoms with Gasteiger partial charge in [-0.15, -0.1) is 0 Å². The van der Waals surface area contributed by atoms with E-state index in [1.807, 2.05) is 0 Å². The lowest BCUT2D eigenvalue weighted by Crippen LogP contribution is -2.38. The van der Waals surface area contributed by atoms with Crippen molar-refractivity contribution in [1.82, 2.24) is 4.90 Å². The maximum atomic E-state index is 5.78. The van der Waals surface area contributed by atoms with Gasteiger partial charge < -0.3 is 10.6 Å². The fourth-order valence-corrected chi connectivity index (χ4v) is 3.24. The van der Waals surface area contributed by atoms with Crippen LogP contribution in [0.2, 0.25) is 0 Å². The minimum absolute atomic E-state index is 0.819. The third-order valence-electron chi connectivity index (χ3n) is 4.30. The quantitative estimate of drug-likeness (QED) is 0.709. The molecule has 0 spiro atoms. The molecule has 0 radical (unpaired) electrons. The molecule has 0 bridgehead atoms. The monoisotopic (exact) mass is 210 g/mol. The van der Waals surface area contributed by atoms with Crippen molar-refractivity contribution in [3.05, 3.63) is 0 Å². The van der Waals surface area contributed by atoms with Crippen LogP contribution in [0.4, 0.5) is 0 Å². The van der Waals surface area contributed by atoms with Gasteiger partial charge >= 0.3 is 0 Å². The van der Waals surface area contributed by atoms with Crippen LogP contribution in [0, 0.1) is 5.92 Å². The highest BCUT2D eigenvalue weighted by Gasteiger charge is 2.23. The Morgan fingerprint density at radius 3 is 2.40 bits per heavy atom. The second kappa shape index (κ2) is 5.86. The molecule has 1 aliphatic carbocycles. The van der Waals surface area contributed by atoms with Crippen LogP contribution < -0.4 is 5.73 Å². The molecular formula is C13H26N2. The summed E-state index contributed by atoms with van der Waals surface area (Å²) in [6, 6.07) is 0.891. The molecule has 88 valence electrons. The fraction of sp³-hybridized carbons (Fsp3) is 1.00. The Morgan fingerprint density at radius 1 is 0.867 bits per heavy atom. The van der Waals surface area contributed by atoms with Gasteiger partial charge in [0.1, 0.15) is 0 Å². The van der Waals surface area contributed by atoms with Crippen LogP contribution in [-0.4, -0.2) is 30.6 Å². The van der Waals surface area contributed by atoms with E-state index in [2.05, 4.69) is 4.90 Å². The van der Waals surface area contributed by atoms with E-state index in [-0.39, 0.29) is 0 Å². The van der Waals surface area contributed by atoms with Gasteiger partial charge in [0.2, 0.25) is 0 Å². The lowest BCUT2D eigenvalue weighted by molar-refractivity contribution is 0.148. The molecule has 1 saturated heterocycles. The molecule has 0 aromatic rings. The minimum atomic E-state index is 0.819. The average molecular weight is 210 g/mol. The summed E-state index contributed by atoms with van der Waals surface area (Å²) < 4.78 is 0. The summed E-state index contributed by atoms with van der Waals surface area (Å²) in [6.07, 6.45) is 11.3. The van der Waals surface area contributed by atoms with Crippen molar-refractivity contribution in [2.75, 3.05) is 19.6 Å². The smallest absolute Gasteiger partial charge is 0.00953 e. The molecule has 2 aliphatic rings. The molecule has 2 atom stereocenters. The number of rotatable bonds is 2. The van der Waals surface area contributed by atoms with Crippen molar-refractivity contribution < 1.29 is 0 Å². The van der Waals surface area contributed by atoms with Gasteiger partial charge in [0.15, 0.2) is 0 Å². The first-order chi connectivity index (χ1) is 7.40. The zero-order valence-electron chi connectivity index (χ0n) is 9.96. The lowest BCUT2D eigenvalue weighted by Gasteiger charge is -2.34. The van der Waals surface area contributed by atoms with E-state index in [9.17, 15) is 0 Å². The Morgan fingerprint density at radius 2 is 1.67 bits per heavy atom. The number of nitrogens with zero attached hydrogens (tertiary/aromatic N) is 1. The Bertz CT molecular complexity index is 175. The summed E-state index contributed by atoms with van der Waals surface area (Å²) in [4.78, 5) is 2.75. The first-order valence-electron chi connectivity index (χ1n) is 6.84. The molecule has 2 unspecified atom stereocenters. The number of hydrogen-bond donors (Lipinski definition) is 1. The Balaban J connectivity index is 1.81. The molecule has 0 amide bonds. The Labute approximate surface area is 94.2 Å². The average Bonchev–Trinajstić information content (AvgIpc) is 2.55. The van der Waals surface area contributed by atoms with Gasteiger partial charge in [-0.3, -0.25) is 0 Å². The molecule has 1 saturated carbocycles. The molecule has 1 heterocycles. The van der Waals surface area contributed by atoms with Crippen LogP contribution >= 0.6 is 0 Å². The molecule has 2 rings (SSSR count). The van der Waals surface area contributed by atoms with Crippen molar-refractivity contribution in [3.63, 3.8) is 0 Å². The summed E-state index contributed by atoms with van der Waals surface area (Å²) in [7, 11) is 0. The van der Waals surface area contributed by atoms with Gasteiger partial charge in [0, 0.05) is 6.04 Å². The Hall–Kier alpha value is -0.0800. The van der Waals surface area contributed by atoms with E-state index in [0.29, 0.717) is 0 Å². The van der Waals surface area contributed by atoms with Gasteiger partial charge in [-0.05, 0) is 64.1 Å². The highest BCUT2D eigenvalue weighted by atomic mass is 15.2. The third-order valence-corrected chi connectivity index (χ3v) is 4.30. The maximum Gasteiger partial charge on any atom is 0.00953 e. The molecule has 2 nitrogen and oxygen atoms in total. The SMILES string of the molecule is NCC1CCCC(N2CCCCC2)CC1. The minimum Gasteiger partial charge on any atom is -0.330 e. The van der Waals surface area contributed by atoms with Crippen molar-refractivity contribution in [1.29, 1.82) is 0 Å². The van der Waals surface area contributed by atoms with Crippen LogP contribution in [0.3, 0.4) is 0 Å². The van der Waals surface area contributed by atoms with Crippen molar-refractivity contribution >= 4 is 0 Å². The molecule has 0 aromatic carbocycles. The predicted octanol–water partition coefficient (Wildman–Crippen LogP) is 2.38. The van der Waals surface area contributed by atoms with E-state index < -0.39 is 0 Å². The highest BCUT2D eigenvalue weighted by Crippen LogP contribution is 2.27. The van der Waals surface area contributed by atoms with Crippen LogP contribution in [0.15, 0.2) is 0 Å². The van der Waals surface area contributed by atoms with Crippen LogP contribution in [-0.2, 0) is 0 Å².